The fourth-order valence-electron chi connectivity index (χ4n) is 2.91. The van der Waals surface area contributed by atoms with Gasteiger partial charge in [0.25, 0.3) is 0 Å². The summed E-state index contributed by atoms with van der Waals surface area (Å²) in [6.07, 6.45) is 3.34. The van der Waals surface area contributed by atoms with Gasteiger partial charge >= 0.3 is 0 Å². The molecule has 7 heteroatoms. The molecule has 0 aliphatic carbocycles. The summed E-state index contributed by atoms with van der Waals surface area (Å²) in [5.41, 5.74) is 3.67. The second-order valence-corrected chi connectivity index (χ2v) is 6.10. The Hall–Kier alpha value is -3.06. The molecule has 0 aliphatic heterocycles. The van der Waals surface area contributed by atoms with Gasteiger partial charge in [-0.3, -0.25) is 0 Å². The summed E-state index contributed by atoms with van der Waals surface area (Å²) in [4.78, 5) is 4.35. The summed E-state index contributed by atoms with van der Waals surface area (Å²) in [7, 11) is 1.96. The van der Waals surface area contributed by atoms with Crippen LogP contribution in [0.5, 0.6) is 0 Å². The Balaban J connectivity index is 1.43. The highest BCUT2D eigenvalue weighted by Gasteiger charge is 2.12. The molecule has 1 N–H and O–H groups in total. The molecular formula is C19H17F2N5. The molecule has 4 rings (SSSR count). The van der Waals surface area contributed by atoms with E-state index < -0.39 is 11.6 Å². The van der Waals surface area contributed by atoms with Crippen molar-refractivity contribution < 1.29 is 8.78 Å². The van der Waals surface area contributed by atoms with E-state index in [1.54, 1.807) is 18.6 Å². The smallest absolute Gasteiger partial charge is 0.151 e. The van der Waals surface area contributed by atoms with Gasteiger partial charge in [-0.15, -0.1) is 0 Å². The lowest BCUT2D eigenvalue weighted by Crippen LogP contribution is -2.13. The molecule has 2 aromatic carbocycles. The van der Waals surface area contributed by atoms with Crippen LogP contribution in [-0.2, 0) is 20.1 Å². The molecule has 5 nitrogen and oxygen atoms in total. The molecule has 0 unspecified atom stereocenters. The number of nitrogens with one attached hydrogen (secondary N) is 1. The van der Waals surface area contributed by atoms with Crippen molar-refractivity contribution in [2.45, 2.75) is 13.1 Å². The van der Waals surface area contributed by atoms with Crippen LogP contribution in [0.3, 0.4) is 0 Å². The lowest BCUT2D eigenvalue weighted by molar-refractivity contribution is 0.557. The van der Waals surface area contributed by atoms with E-state index >= 15 is 0 Å². The van der Waals surface area contributed by atoms with E-state index in [4.69, 9.17) is 0 Å². The number of imidazole rings is 1. The van der Waals surface area contributed by atoms with Gasteiger partial charge in [0.15, 0.2) is 11.6 Å². The fraction of sp³-hybridized carbons (Fsp3) is 0.158. The van der Waals surface area contributed by atoms with Crippen LogP contribution in [0.2, 0.25) is 0 Å². The average Bonchev–Trinajstić information content (AvgIpc) is 3.22. The van der Waals surface area contributed by atoms with Gasteiger partial charge in [-0.05, 0) is 35.9 Å². The highest BCUT2D eigenvalue weighted by Crippen LogP contribution is 2.17. The number of halogens is 2. The van der Waals surface area contributed by atoms with Gasteiger partial charge in [0.1, 0.15) is 5.69 Å². The van der Waals surface area contributed by atoms with Gasteiger partial charge in [-0.1, -0.05) is 12.1 Å². The summed E-state index contributed by atoms with van der Waals surface area (Å²) in [6.45, 7) is 1.14. The topological polar surface area (TPSA) is 47.7 Å². The van der Waals surface area contributed by atoms with Gasteiger partial charge in [0.05, 0.1) is 23.1 Å². The predicted octanol–water partition coefficient (Wildman–Crippen LogP) is 3.33. The molecule has 26 heavy (non-hydrogen) atoms. The largest absolute Gasteiger partial charge is 0.334 e. The molecule has 4 aromatic rings. The Morgan fingerprint density at radius 2 is 1.85 bits per heavy atom. The fourth-order valence-corrected chi connectivity index (χ4v) is 2.91. The summed E-state index contributed by atoms with van der Waals surface area (Å²) < 4.78 is 30.8. The van der Waals surface area contributed by atoms with Gasteiger partial charge in [-0.2, -0.15) is 5.10 Å². The Labute approximate surface area is 148 Å². The third-order valence-corrected chi connectivity index (χ3v) is 4.24. The Morgan fingerprint density at radius 1 is 1.04 bits per heavy atom. The Kier molecular flexibility index (Phi) is 4.22. The zero-order valence-electron chi connectivity index (χ0n) is 14.2. The Morgan fingerprint density at radius 3 is 2.65 bits per heavy atom. The average molecular weight is 353 g/mol. The molecular weight excluding hydrogens is 336 g/mol. The van der Waals surface area contributed by atoms with Crippen molar-refractivity contribution in [2.24, 2.45) is 7.05 Å². The molecule has 2 heterocycles. The number of para-hydroxylation sites is 1. The van der Waals surface area contributed by atoms with Crippen LogP contribution in [0.25, 0.3) is 16.7 Å². The number of hydrogen-bond acceptors (Lipinski definition) is 3. The zero-order chi connectivity index (χ0) is 18.1. The van der Waals surface area contributed by atoms with Crippen molar-refractivity contribution in [1.29, 1.82) is 0 Å². The molecule has 0 aliphatic rings. The first-order valence-electron chi connectivity index (χ1n) is 8.21. The number of benzene rings is 2. The third-order valence-electron chi connectivity index (χ3n) is 4.24. The van der Waals surface area contributed by atoms with Crippen molar-refractivity contribution >= 4 is 11.0 Å². The van der Waals surface area contributed by atoms with Crippen LogP contribution in [0.1, 0.15) is 11.3 Å². The normalized spacial score (nSPS) is 11.3. The highest BCUT2D eigenvalue weighted by atomic mass is 19.1. The molecule has 0 saturated carbocycles. The van der Waals surface area contributed by atoms with E-state index in [9.17, 15) is 8.78 Å². The SMILES string of the molecule is Cn1cnc2cc(CNCc3ccn(-c4c(F)cccc4F)n3)ccc21. The number of aryl methyl sites for hydroxylation is 1. The summed E-state index contributed by atoms with van der Waals surface area (Å²) >= 11 is 0. The van der Waals surface area contributed by atoms with E-state index in [0.717, 1.165) is 16.6 Å². The van der Waals surface area contributed by atoms with Gasteiger partial charge in [-0.25, -0.2) is 18.4 Å². The molecule has 0 fully saturated rings. The van der Waals surface area contributed by atoms with Crippen LogP contribution in [0.15, 0.2) is 55.0 Å². The summed E-state index contributed by atoms with van der Waals surface area (Å²) in [5, 5.41) is 7.53. The number of hydrogen-bond donors (Lipinski definition) is 1. The maximum Gasteiger partial charge on any atom is 0.151 e. The number of rotatable bonds is 5. The first-order chi connectivity index (χ1) is 12.6. The molecule has 132 valence electrons. The van der Waals surface area contributed by atoms with Gasteiger partial charge < -0.3 is 9.88 Å². The van der Waals surface area contributed by atoms with Crippen LogP contribution < -0.4 is 5.32 Å². The number of fused-ring (bicyclic) bond motifs is 1. The lowest BCUT2D eigenvalue weighted by Gasteiger charge is -2.05. The van der Waals surface area contributed by atoms with Crippen LogP contribution >= 0.6 is 0 Å². The molecule has 0 spiro atoms. The summed E-state index contributed by atoms with van der Waals surface area (Å²) in [6, 6.07) is 11.6. The molecule has 0 saturated heterocycles. The Bertz CT molecular complexity index is 1050. The van der Waals surface area contributed by atoms with Crippen LogP contribution in [-0.4, -0.2) is 19.3 Å². The standard InChI is InChI=1S/C19H17F2N5/c1-25-12-23-17-9-13(5-6-18(17)25)10-22-11-14-7-8-26(24-14)19-15(20)3-2-4-16(19)21/h2-9,12,22H,10-11H2,1H3. The number of aromatic nitrogens is 4. The van der Waals surface area contributed by atoms with Crippen molar-refractivity contribution in [3.63, 3.8) is 0 Å². The van der Waals surface area contributed by atoms with E-state index in [1.807, 2.05) is 29.8 Å². The minimum Gasteiger partial charge on any atom is -0.334 e. The minimum atomic E-state index is -0.642. The van der Waals surface area contributed by atoms with Gasteiger partial charge in [0, 0.05) is 26.3 Å². The van der Waals surface area contributed by atoms with Crippen LogP contribution in [0.4, 0.5) is 8.78 Å². The predicted molar refractivity (Wildman–Crippen MR) is 94.7 cm³/mol. The van der Waals surface area contributed by atoms with E-state index in [0.29, 0.717) is 18.8 Å². The second kappa shape index (κ2) is 6.68. The first kappa shape index (κ1) is 16.4. The zero-order valence-corrected chi connectivity index (χ0v) is 14.2. The molecule has 0 radical (unpaired) electrons. The van der Waals surface area contributed by atoms with Gasteiger partial charge in [0.2, 0.25) is 0 Å². The quantitative estimate of drug-likeness (QED) is 0.599. The first-order valence-corrected chi connectivity index (χ1v) is 8.21. The molecule has 0 bridgehead atoms. The summed E-state index contributed by atoms with van der Waals surface area (Å²) in [5.74, 6) is -1.28. The molecule has 2 aromatic heterocycles. The maximum absolute atomic E-state index is 13.8. The van der Waals surface area contributed by atoms with E-state index in [2.05, 4.69) is 15.4 Å². The lowest BCUT2D eigenvalue weighted by atomic mass is 10.2. The second-order valence-electron chi connectivity index (χ2n) is 6.10. The van der Waals surface area contributed by atoms with Crippen molar-refractivity contribution in [3.8, 4) is 5.69 Å². The van der Waals surface area contributed by atoms with E-state index in [1.165, 1.54) is 22.9 Å². The maximum atomic E-state index is 13.8. The number of nitrogens with zero attached hydrogens (tertiary/aromatic N) is 4. The van der Waals surface area contributed by atoms with Crippen molar-refractivity contribution in [3.05, 3.63) is 77.9 Å². The monoisotopic (exact) mass is 353 g/mol. The minimum absolute atomic E-state index is 0.167. The van der Waals surface area contributed by atoms with Crippen molar-refractivity contribution in [2.75, 3.05) is 0 Å². The highest BCUT2D eigenvalue weighted by molar-refractivity contribution is 5.75. The third kappa shape index (κ3) is 3.09. The molecule has 0 amide bonds. The molecule has 0 atom stereocenters. The van der Waals surface area contributed by atoms with E-state index in [-0.39, 0.29) is 5.69 Å². The van der Waals surface area contributed by atoms with Crippen LogP contribution in [0, 0.1) is 11.6 Å². The van der Waals surface area contributed by atoms with Crippen molar-refractivity contribution in [1.82, 2.24) is 24.6 Å².